The van der Waals surface area contributed by atoms with Gasteiger partial charge in [-0.15, -0.1) is 0 Å². The molecule has 104 valence electrons. The third-order valence-electron chi connectivity index (χ3n) is 2.69. The third-order valence-corrected chi connectivity index (χ3v) is 3.63. The highest BCUT2D eigenvalue weighted by Gasteiger charge is 2.06. The molecule has 2 aromatic rings. The van der Waals surface area contributed by atoms with E-state index in [1.807, 2.05) is 19.1 Å². The van der Waals surface area contributed by atoms with Crippen molar-refractivity contribution < 1.29 is 9.18 Å². The van der Waals surface area contributed by atoms with E-state index in [2.05, 4.69) is 10.3 Å². The lowest BCUT2D eigenvalue weighted by atomic mass is 10.2. The molecule has 0 unspecified atom stereocenters. The molecule has 20 heavy (non-hydrogen) atoms. The van der Waals surface area contributed by atoms with E-state index in [1.54, 1.807) is 25.3 Å². The van der Waals surface area contributed by atoms with Gasteiger partial charge in [0.25, 0.3) is 0 Å². The Morgan fingerprint density at radius 3 is 2.75 bits per heavy atom. The zero-order chi connectivity index (χ0) is 14.5. The molecule has 0 aliphatic rings. The summed E-state index contributed by atoms with van der Waals surface area (Å²) >= 11 is 1.35. The van der Waals surface area contributed by atoms with Crippen molar-refractivity contribution >= 4 is 23.4 Å². The molecule has 3 nitrogen and oxygen atoms in total. The predicted octanol–water partition coefficient (Wildman–Crippen LogP) is 3.57. The summed E-state index contributed by atoms with van der Waals surface area (Å²) in [7, 11) is 0. The number of halogens is 1. The van der Waals surface area contributed by atoms with Crippen LogP contribution in [0.1, 0.15) is 11.1 Å². The Morgan fingerprint density at radius 1 is 1.30 bits per heavy atom. The minimum Gasteiger partial charge on any atom is -0.325 e. The molecule has 1 aromatic carbocycles. The molecule has 0 aliphatic heterocycles. The Labute approximate surface area is 121 Å². The van der Waals surface area contributed by atoms with E-state index in [1.165, 1.54) is 17.8 Å². The van der Waals surface area contributed by atoms with Crippen LogP contribution >= 0.6 is 11.8 Å². The van der Waals surface area contributed by atoms with Gasteiger partial charge in [0.15, 0.2) is 0 Å². The molecule has 1 heterocycles. The van der Waals surface area contributed by atoms with Gasteiger partial charge in [0, 0.05) is 11.9 Å². The largest absolute Gasteiger partial charge is 0.325 e. The van der Waals surface area contributed by atoms with Crippen molar-refractivity contribution in [3.63, 3.8) is 0 Å². The number of aromatic nitrogens is 1. The molecule has 0 spiro atoms. The van der Waals surface area contributed by atoms with Gasteiger partial charge < -0.3 is 5.32 Å². The molecule has 0 saturated carbocycles. The van der Waals surface area contributed by atoms with Gasteiger partial charge in [0.05, 0.1) is 10.8 Å². The fourth-order valence-electron chi connectivity index (χ4n) is 1.55. The zero-order valence-electron chi connectivity index (χ0n) is 11.3. The first-order valence-electron chi connectivity index (χ1n) is 6.16. The van der Waals surface area contributed by atoms with E-state index in [0.717, 1.165) is 10.6 Å². The maximum Gasteiger partial charge on any atom is 0.234 e. The molecule has 0 atom stereocenters. The number of carbonyl (C=O) groups is 1. The molecule has 1 amide bonds. The standard InChI is InChI=1S/C15H15FN2OS/c1-10-3-6-15(17-8-10)20-9-14(19)18-12-5-4-11(2)13(16)7-12/h3-8H,9H2,1-2H3,(H,18,19). The number of anilines is 1. The number of hydrogen-bond acceptors (Lipinski definition) is 3. The molecule has 0 fully saturated rings. The van der Waals surface area contributed by atoms with Gasteiger partial charge >= 0.3 is 0 Å². The Bertz CT molecular complexity index is 614. The summed E-state index contributed by atoms with van der Waals surface area (Å²) in [5, 5.41) is 3.46. The SMILES string of the molecule is Cc1ccc(SCC(=O)Nc2ccc(C)c(F)c2)nc1. The number of amides is 1. The predicted molar refractivity (Wildman–Crippen MR) is 79.5 cm³/mol. The van der Waals surface area contributed by atoms with Gasteiger partial charge in [-0.05, 0) is 43.2 Å². The highest BCUT2D eigenvalue weighted by Crippen LogP contribution is 2.17. The highest BCUT2D eigenvalue weighted by atomic mass is 32.2. The van der Waals surface area contributed by atoms with E-state index < -0.39 is 0 Å². The van der Waals surface area contributed by atoms with Crippen LogP contribution in [0.4, 0.5) is 10.1 Å². The average molecular weight is 290 g/mol. The van der Waals surface area contributed by atoms with Gasteiger partial charge in [-0.3, -0.25) is 4.79 Å². The molecule has 1 aromatic heterocycles. The summed E-state index contributed by atoms with van der Waals surface area (Å²) in [5.74, 6) is -0.262. The average Bonchev–Trinajstić information content (AvgIpc) is 2.42. The lowest BCUT2D eigenvalue weighted by Gasteiger charge is -2.06. The Balaban J connectivity index is 1.89. The number of nitrogens with zero attached hydrogens (tertiary/aromatic N) is 1. The van der Waals surface area contributed by atoms with E-state index in [4.69, 9.17) is 0 Å². The zero-order valence-corrected chi connectivity index (χ0v) is 12.1. The van der Waals surface area contributed by atoms with Gasteiger partial charge in [0.2, 0.25) is 5.91 Å². The summed E-state index contributed by atoms with van der Waals surface area (Å²) < 4.78 is 13.4. The van der Waals surface area contributed by atoms with Crippen molar-refractivity contribution in [2.75, 3.05) is 11.1 Å². The molecule has 1 N–H and O–H groups in total. The van der Waals surface area contributed by atoms with Crippen LogP contribution in [-0.2, 0) is 4.79 Å². The molecule has 0 radical (unpaired) electrons. The normalized spacial score (nSPS) is 10.3. The third kappa shape index (κ3) is 4.06. The smallest absolute Gasteiger partial charge is 0.234 e. The van der Waals surface area contributed by atoms with E-state index in [-0.39, 0.29) is 17.5 Å². The number of thioether (sulfide) groups is 1. The minimum absolute atomic E-state index is 0.180. The van der Waals surface area contributed by atoms with Crippen LogP contribution < -0.4 is 5.32 Å². The highest BCUT2D eigenvalue weighted by molar-refractivity contribution is 7.99. The fourth-order valence-corrected chi connectivity index (χ4v) is 2.19. The lowest BCUT2D eigenvalue weighted by molar-refractivity contribution is -0.113. The summed E-state index contributed by atoms with van der Waals surface area (Å²) in [6, 6.07) is 8.47. The first-order chi connectivity index (χ1) is 9.54. The second-order valence-corrected chi connectivity index (χ2v) is 5.47. The van der Waals surface area contributed by atoms with Crippen molar-refractivity contribution in [3.8, 4) is 0 Å². The number of benzene rings is 1. The monoisotopic (exact) mass is 290 g/mol. The molecule has 0 aliphatic carbocycles. The van der Waals surface area contributed by atoms with Crippen LogP contribution in [-0.4, -0.2) is 16.6 Å². The Morgan fingerprint density at radius 2 is 2.10 bits per heavy atom. The molecule has 5 heteroatoms. The maximum absolute atomic E-state index is 13.4. The Hall–Kier alpha value is -1.88. The summed E-state index contributed by atoms with van der Waals surface area (Å²) in [5.41, 5.74) is 2.10. The van der Waals surface area contributed by atoms with E-state index in [9.17, 15) is 9.18 Å². The minimum atomic E-state index is -0.323. The van der Waals surface area contributed by atoms with Crippen molar-refractivity contribution in [1.82, 2.24) is 4.98 Å². The molecule has 0 saturated heterocycles. The number of carbonyl (C=O) groups excluding carboxylic acids is 1. The van der Waals surface area contributed by atoms with Gasteiger partial charge in [-0.1, -0.05) is 23.9 Å². The van der Waals surface area contributed by atoms with Crippen molar-refractivity contribution in [3.05, 3.63) is 53.5 Å². The lowest BCUT2D eigenvalue weighted by Crippen LogP contribution is -2.14. The van der Waals surface area contributed by atoms with Crippen molar-refractivity contribution in [1.29, 1.82) is 0 Å². The molecule has 0 bridgehead atoms. The number of pyridine rings is 1. The fraction of sp³-hybridized carbons (Fsp3) is 0.200. The number of hydrogen-bond donors (Lipinski definition) is 1. The quantitative estimate of drug-likeness (QED) is 0.875. The second-order valence-electron chi connectivity index (χ2n) is 4.47. The summed E-state index contributed by atoms with van der Waals surface area (Å²) in [4.78, 5) is 16.0. The number of nitrogens with one attached hydrogen (secondary N) is 1. The molecular weight excluding hydrogens is 275 g/mol. The first-order valence-corrected chi connectivity index (χ1v) is 7.14. The van der Waals surface area contributed by atoms with Gasteiger partial charge in [-0.2, -0.15) is 0 Å². The van der Waals surface area contributed by atoms with E-state index >= 15 is 0 Å². The van der Waals surface area contributed by atoms with Gasteiger partial charge in [0.1, 0.15) is 5.82 Å². The van der Waals surface area contributed by atoms with E-state index in [0.29, 0.717) is 11.3 Å². The summed E-state index contributed by atoms with van der Waals surface area (Å²) in [6.45, 7) is 3.64. The molecular formula is C15H15FN2OS. The topological polar surface area (TPSA) is 42.0 Å². The van der Waals surface area contributed by atoms with Crippen LogP contribution in [0.2, 0.25) is 0 Å². The van der Waals surface area contributed by atoms with Crippen LogP contribution in [0, 0.1) is 19.7 Å². The summed E-state index contributed by atoms with van der Waals surface area (Å²) in [6.07, 6.45) is 1.76. The van der Waals surface area contributed by atoms with Crippen LogP contribution in [0.15, 0.2) is 41.6 Å². The maximum atomic E-state index is 13.4. The Kier molecular flexibility index (Phi) is 4.74. The second kappa shape index (κ2) is 6.52. The van der Waals surface area contributed by atoms with Crippen molar-refractivity contribution in [2.45, 2.75) is 18.9 Å². The first kappa shape index (κ1) is 14.5. The number of aryl methyl sites for hydroxylation is 2. The van der Waals surface area contributed by atoms with Crippen LogP contribution in [0.3, 0.4) is 0 Å². The van der Waals surface area contributed by atoms with Gasteiger partial charge in [-0.25, -0.2) is 9.37 Å². The van der Waals surface area contributed by atoms with Crippen molar-refractivity contribution in [2.24, 2.45) is 0 Å². The molecule has 2 rings (SSSR count). The van der Waals surface area contributed by atoms with Crippen LogP contribution in [0.5, 0.6) is 0 Å². The number of rotatable bonds is 4. The van der Waals surface area contributed by atoms with Crippen LogP contribution in [0.25, 0.3) is 0 Å².